The molecule has 2 heterocycles. The average molecular weight is 408 g/mol. The summed E-state index contributed by atoms with van der Waals surface area (Å²) in [7, 11) is 1.64. The van der Waals surface area contributed by atoms with E-state index in [0.717, 1.165) is 16.9 Å². The fourth-order valence-electron chi connectivity index (χ4n) is 4.51. The number of aryl methyl sites for hydroxylation is 1. The van der Waals surface area contributed by atoms with Gasteiger partial charge in [-0.3, -0.25) is 9.59 Å². The highest BCUT2D eigenvalue weighted by atomic mass is 16.5. The van der Waals surface area contributed by atoms with E-state index in [0.29, 0.717) is 45.0 Å². The molecule has 0 spiro atoms. The topological polar surface area (TPSA) is 59.1 Å². The molecule has 6 heteroatoms. The number of ether oxygens (including phenoxy) is 2. The summed E-state index contributed by atoms with van der Waals surface area (Å²) in [5, 5.41) is 0. The maximum absolute atomic E-state index is 13.4. The molecule has 2 unspecified atom stereocenters. The van der Waals surface area contributed by atoms with E-state index < -0.39 is 0 Å². The molecule has 2 aromatic carbocycles. The van der Waals surface area contributed by atoms with Gasteiger partial charge in [-0.05, 0) is 30.2 Å². The lowest BCUT2D eigenvalue weighted by molar-refractivity contribution is -0.139. The fourth-order valence-corrected chi connectivity index (χ4v) is 4.51. The maximum atomic E-state index is 13.4. The van der Waals surface area contributed by atoms with Gasteiger partial charge in [-0.2, -0.15) is 0 Å². The van der Waals surface area contributed by atoms with Gasteiger partial charge in [0, 0.05) is 37.7 Å². The molecule has 2 aromatic rings. The number of nitrogens with zero attached hydrogens (tertiary/aromatic N) is 2. The normalized spacial score (nSPS) is 21.5. The quantitative estimate of drug-likeness (QED) is 0.781. The van der Waals surface area contributed by atoms with E-state index in [2.05, 4.69) is 0 Å². The highest BCUT2D eigenvalue weighted by molar-refractivity contribution is 5.96. The van der Waals surface area contributed by atoms with Crippen molar-refractivity contribution in [3.8, 4) is 5.75 Å². The highest BCUT2D eigenvalue weighted by Gasteiger charge is 2.43. The molecule has 2 fully saturated rings. The van der Waals surface area contributed by atoms with Gasteiger partial charge >= 0.3 is 0 Å². The number of benzene rings is 2. The average Bonchev–Trinajstić information content (AvgIpc) is 3.24. The van der Waals surface area contributed by atoms with Gasteiger partial charge in [0.15, 0.2) is 0 Å². The smallest absolute Gasteiger partial charge is 0.254 e. The van der Waals surface area contributed by atoms with Gasteiger partial charge in [0.25, 0.3) is 5.91 Å². The third kappa shape index (κ3) is 3.92. The summed E-state index contributed by atoms with van der Waals surface area (Å²) < 4.78 is 11.0. The number of morpholine rings is 1. The summed E-state index contributed by atoms with van der Waals surface area (Å²) >= 11 is 0. The van der Waals surface area contributed by atoms with Gasteiger partial charge in [0.2, 0.25) is 5.91 Å². The van der Waals surface area contributed by atoms with Crippen LogP contribution in [0.1, 0.15) is 27.4 Å². The second kappa shape index (κ2) is 8.88. The lowest BCUT2D eigenvalue weighted by atomic mass is 9.87. The van der Waals surface area contributed by atoms with Crippen LogP contribution < -0.4 is 4.74 Å². The van der Waals surface area contributed by atoms with Crippen molar-refractivity contribution < 1.29 is 19.1 Å². The number of carbonyl (C=O) groups is 2. The third-order valence-corrected chi connectivity index (χ3v) is 6.16. The van der Waals surface area contributed by atoms with E-state index >= 15 is 0 Å². The Morgan fingerprint density at radius 1 is 0.967 bits per heavy atom. The van der Waals surface area contributed by atoms with Crippen LogP contribution in [0.2, 0.25) is 0 Å². The third-order valence-electron chi connectivity index (χ3n) is 6.16. The summed E-state index contributed by atoms with van der Waals surface area (Å²) in [6.45, 7) is 5.16. The first-order valence-electron chi connectivity index (χ1n) is 10.4. The summed E-state index contributed by atoms with van der Waals surface area (Å²) in [4.78, 5) is 30.4. The van der Waals surface area contributed by atoms with Gasteiger partial charge in [-0.15, -0.1) is 0 Å². The first-order valence-corrected chi connectivity index (χ1v) is 10.4. The number of hydrogen-bond donors (Lipinski definition) is 0. The zero-order valence-electron chi connectivity index (χ0n) is 17.5. The molecule has 2 atom stereocenters. The number of hydrogen-bond acceptors (Lipinski definition) is 4. The Balaban J connectivity index is 1.65. The van der Waals surface area contributed by atoms with Gasteiger partial charge in [-0.25, -0.2) is 0 Å². The van der Waals surface area contributed by atoms with Crippen LogP contribution in [0.15, 0.2) is 48.5 Å². The molecule has 2 aliphatic heterocycles. The molecule has 0 N–H and O–H groups in total. The maximum Gasteiger partial charge on any atom is 0.254 e. The minimum Gasteiger partial charge on any atom is -0.496 e. The van der Waals surface area contributed by atoms with Crippen molar-refractivity contribution in [1.29, 1.82) is 0 Å². The van der Waals surface area contributed by atoms with Crippen molar-refractivity contribution in [2.24, 2.45) is 5.92 Å². The molecule has 0 saturated carbocycles. The second-order valence-corrected chi connectivity index (χ2v) is 7.92. The Hall–Kier alpha value is -2.86. The van der Waals surface area contributed by atoms with Crippen LogP contribution in [0.25, 0.3) is 0 Å². The van der Waals surface area contributed by atoms with E-state index in [9.17, 15) is 9.59 Å². The minimum absolute atomic E-state index is 0.0229. The van der Waals surface area contributed by atoms with Crippen molar-refractivity contribution in [1.82, 2.24) is 9.80 Å². The van der Waals surface area contributed by atoms with Crippen LogP contribution in [-0.2, 0) is 9.53 Å². The van der Waals surface area contributed by atoms with Crippen LogP contribution in [0.4, 0.5) is 0 Å². The Morgan fingerprint density at radius 3 is 2.40 bits per heavy atom. The monoisotopic (exact) mass is 408 g/mol. The number of likely N-dealkylation sites (tertiary alicyclic amines) is 1. The van der Waals surface area contributed by atoms with Gasteiger partial charge in [0.1, 0.15) is 5.75 Å². The van der Waals surface area contributed by atoms with Gasteiger partial charge < -0.3 is 19.3 Å². The van der Waals surface area contributed by atoms with Crippen LogP contribution >= 0.6 is 0 Å². The van der Waals surface area contributed by atoms with Crippen molar-refractivity contribution >= 4 is 11.8 Å². The Bertz CT molecular complexity index is 923. The summed E-state index contributed by atoms with van der Waals surface area (Å²) in [6, 6.07) is 15.4. The molecule has 2 saturated heterocycles. The van der Waals surface area contributed by atoms with Crippen molar-refractivity contribution in [3.63, 3.8) is 0 Å². The lowest BCUT2D eigenvalue weighted by Gasteiger charge is -2.31. The molecule has 4 rings (SSSR count). The first kappa shape index (κ1) is 20.4. The predicted molar refractivity (Wildman–Crippen MR) is 114 cm³/mol. The van der Waals surface area contributed by atoms with Crippen molar-refractivity contribution in [3.05, 3.63) is 65.2 Å². The summed E-state index contributed by atoms with van der Waals surface area (Å²) in [6.07, 6.45) is 0. The van der Waals surface area contributed by atoms with Crippen molar-refractivity contribution in [2.75, 3.05) is 46.5 Å². The van der Waals surface area contributed by atoms with E-state index in [-0.39, 0.29) is 23.7 Å². The second-order valence-electron chi connectivity index (χ2n) is 7.92. The zero-order chi connectivity index (χ0) is 21.1. The number of para-hydroxylation sites is 1. The zero-order valence-corrected chi connectivity index (χ0v) is 17.5. The summed E-state index contributed by atoms with van der Waals surface area (Å²) in [5.41, 5.74) is 2.61. The number of rotatable bonds is 4. The molecular formula is C24H28N2O4. The van der Waals surface area contributed by atoms with Crippen LogP contribution in [0.3, 0.4) is 0 Å². The molecule has 2 aliphatic rings. The van der Waals surface area contributed by atoms with Gasteiger partial charge in [0.05, 0.1) is 26.2 Å². The van der Waals surface area contributed by atoms with Crippen LogP contribution in [0.5, 0.6) is 5.75 Å². The van der Waals surface area contributed by atoms with Crippen LogP contribution in [-0.4, -0.2) is 68.1 Å². The molecule has 0 aliphatic carbocycles. The standard InChI is InChI=1S/C24H28N2O4/c1-17-7-3-4-8-18(17)23(27)26-15-20(19-9-5-6-10-22(19)29-2)21(16-26)24(28)25-11-13-30-14-12-25/h3-10,20-21H,11-16H2,1-2H3. The lowest BCUT2D eigenvalue weighted by Crippen LogP contribution is -2.45. The van der Waals surface area contributed by atoms with Gasteiger partial charge in [-0.1, -0.05) is 36.4 Å². The van der Waals surface area contributed by atoms with Crippen LogP contribution in [0, 0.1) is 12.8 Å². The Morgan fingerprint density at radius 2 is 1.67 bits per heavy atom. The molecule has 0 radical (unpaired) electrons. The molecule has 0 bridgehead atoms. The highest BCUT2D eigenvalue weighted by Crippen LogP contribution is 2.39. The number of carbonyl (C=O) groups excluding carboxylic acids is 2. The van der Waals surface area contributed by atoms with E-state index in [4.69, 9.17) is 9.47 Å². The Labute approximate surface area is 177 Å². The number of amides is 2. The van der Waals surface area contributed by atoms with Crippen molar-refractivity contribution in [2.45, 2.75) is 12.8 Å². The molecule has 30 heavy (non-hydrogen) atoms. The molecule has 6 nitrogen and oxygen atoms in total. The SMILES string of the molecule is COc1ccccc1C1CN(C(=O)c2ccccc2C)CC1C(=O)N1CCOCC1. The largest absolute Gasteiger partial charge is 0.496 e. The predicted octanol–water partition coefficient (Wildman–Crippen LogP) is 2.72. The summed E-state index contributed by atoms with van der Waals surface area (Å²) in [5.74, 6) is 0.420. The Kier molecular flexibility index (Phi) is 6.04. The molecular weight excluding hydrogens is 380 g/mol. The van der Waals surface area contributed by atoms with E-state index in [1.54, 1.807) is 7.11 Å². The van der Waals surface area contributed by atoms with E-state index in [1.807, 2.05) is 65.3 Å². The minimum atomic E-state index is -0.299. The molecule has 158 valence electrons. The first-order chi connectivity index (χ1) is 14.6. The van der Waals surface area contributed by atoms with E-state index in [1.165, 1.54) is 0 Å². The molecule has 0 aromatic heterocycles. The molecule has 2 amide bonds. The fraction of sp³-hybridized carbons (Fsp3) is 0.417. The number of methoxy groups -OCH3 is 1.